The minimum Gasteiger partial charge on any atom is -0.302 e. The highest BCUT2D eigenvalue weighted by Gasteiger charge is 2.58. The second-order valence-electron chi connectivity index (χ2n) is 6.90. The third-order valence-electron chi connectivity index (χ3n) is 5.55. The first-order chi connectivity index (χ1) is 12.3. The van der Waals surface area contributed by atoms with E-state index < -0.39 is 0 Å². The lowest BCUT2D eigenvalue weighted by molar-refractivity contribution is 0.575. The Hall–Kier alpha value is -2.15. The van der Waals surface area contributed by atoms with E-state index in [-0.39, 0.29) is 6.17 Å². The van der Waals surface area contributed by atoms with Gasteiger partial charge in [-0.25, -0.2) is 9.97 Å². The summed E-state index contributed by atoms with van der Waals surface area (Å²) in [6, 6.07) is 17.4. The predicted molar refractivity (Wildman–Crippen MR) is 107 cm³/mol. The molecule has 2 aliphatic heterocycles. The molecule has 3 heterocycles. The van der Waals surface area contributed by atoms with Crippen LogP contribution in [0.4, 0.5) is 23.0 Å². The van der Waals surface area contributed by atoms with Crippen molar-refractivity contribution in [1.29, 1.82) is 0 Å². The summed E-state index contributed by atoms with van der Waals surface area (Å²) in [4.78, 5) is 14.2. The number of hydrogen-bond donors (Lipinski definition) is 0. The number of rotatable bonds is 1. The van der Waals surface area contributed by atoms with Gasteiger partial charge in [-0.3, -0.25) is 0 Å². The number of hydrogen-bond acceptors (Lipinski definition) is 4. The summed E-state index contributed by atoms with van der Waals surface area (Å²) in [5, 5.41) is 0. The Bertz CT molecular complexity index is 990. The quantitative estimate of drug-likeness (QED) is 0.511. The Balaban J connectivity index is 1.61. The van der Waals surface area contributed by atoms with Crippen molar-refractivity contribution in [3.63, 3.8) is 0 Å². The zero-order chi connectivity index (χ0) is 16.5. The SMILES string of the molecule is Ic1ccc2c(c1)N1c3nccnc3N(c3ccccc3)C1C1CC21. The molecule has 1 aromatic heterocycles. The Morgan fingerprint density at radius 3 is 2.48 bits per heavy atom. The number of para-hydroxylation sites is 1. The minimum absolute atomic E-state index is 0.274. The number of benzene rings is 2. The third-order valence-corrected chi connectivity index (χ3v) is 6.23. The first-order valence-electron chi connectivity index (χ1n) is 8.57. The summed E-state index contributed by atoms with van der Waals surface area (Å²) < 4.78 is 1.26. The monoisotopic (exact) mass is 438 g/mol. The van der Waals surface area contributed by atoms with Crippen molar-refractivity contribution in [1.82, 2.24) is 9.97 Å². The topological polar surface area (TPSA) is 32.3 Å². The average Bonchev–Trinajstić information content (AvgIpc) is 3.37. The minimum atomic E-state index is 0.274. The van der Waals surface area contributed by atoms with Gasteiger partial charge in [-0.2, -0.15) is 0 Å². The summed E-state index contributed by atoms with van der Waals surface area (Å²) in [5.41, 5.74) is 3.96. The highest BCUT2D eigenvalue weighted by molar-refractivity contribution is 14.1. The molecule has 2 aromatic carbocycles. The molecule has 3 atom stereocenters. The maximum absolute atomic E-state index is 4.72. The van der Waals surface area contributed by atoms with Crippen molar-refractivity contribution >= 4 is 45.6 Å². The molecule has 5 heteroatoms. The summed E-state index contributed by atoms with van der Waals surface area (Å²) >= 11 is 2.40. The summed E-state index contributed by atoms with van der Waals surface area (Å²) in [6.07, 6.45) is 5.12. The van der Waals surface area contributed by atoms with Crippen LogP contribution in [0.25, 0.3) is 0 Å². The van der Waals surface area contributed by atoms with Crippen LogP contribution < -0.4 is 9.80 Å². The van der Waals surface area contributed by atoms with Gasteiger partial charge < -0.3 is 9.80 Å². The van der Waals surface area contributed by atoms with E-state index >= 15 is 0 Å². The first kappa shape index (κ1) is 14.1. The smallest absolute Gasteiger partial charge is 0.178 e. The molecule has 0 saturated heterocycles. The van der Waals surface area contributed by atoms with Gasteiger partial charge in [0.1, 0.15) is 6.17 Å². The van der Waals surface area contributed by atoms with Crippen molar-refractivity contribution in [2.45, 2.75) is 18.5 Å². The molecule has 25 heavy (non-hydrogen) atoms. The molecule has 0 amide bonds. The fourth-order valence-corrected chi connectivity index (χ4v) is 4.95. The van der Waals surface area contributed by atoms with Crippen LogP contribution in [0.5, 0.6) is 0 Å². The number of aromatic nitrogens is 2. The van der Waals surface area contributed by atoms with E-state index in [9.17, 15) is 0 Å². The summed E-state index contributed by atoms with van der Waals surface area (Å²) in [6.45, 7) is 0. The maximum Gasteiger partial charge on any atom is 0.178 e. The Labute approximate surface area is 159 Å². The van der Waals surface area contributed by atoms with Gasteiger partial charge in [0.15, 0.2) is 11.6 Å². The van der Waals surface area contributed by atoms with Crippen LogP contribution in [0.1, 0.15) is 17.9 Å². The van der Waals surface area contributed by atoms with Crippen molar-refractivity contribution < 1.29 is 0 Å². The van der Waals surface area contributed by atoms with Gasteiger partial charge in [0.05, 0.1) is 0 Å². The van der Waals surface area contributed by atoms with Crippen LogP contribution >= 0.6 is 22.6 Å². The molecule has 4 nitrogen and oxygen atoms in total. The van der Waals surface area contributed by atoms with E-state index in [4.69, 9.17) is 9.97 Å². The lowest BCUT2D eigenvalue weighted by Gasteiger charge is -2.36. The Kier molecular flexibility index (Phi) is 2.78. The average molecular weight is 438 g/mol. The molecule has 6 rings (SSSR count). The van der Waals surface area contributed by atoms with E-state index in [1.54, 1.807) is 12.4 Å². The second-order valence-corrected chi connectivity index (χ2v) is 8.15. The molecular formula is C20H15IN4. The molecule has 1 aliphatic carbocycles. The third kappa shape index (κ3) is 1.87. The highest BCUT2D eigenvalue weighted by atomic mass is 127. The molecule has 0 bridgehead atoms. The van der Waals surface area contributed by atoms with E-state index in [1.165, 1.54) is 26.9 Å². The molecule has 3 unspecified atom stereocenters. The Morgan fingerprint density at radius 2 is 1.68 bits per heavy atom. The van der Waals surface area contributed by atoms with Crippen molar-refractivity contribution in [3.05, 3.63) is 70.1 Å². The van der Waals surface area contributed by atoms with Gasteiger partial charge in [-0.15, -0.1) is 0 Å². The second kappa shape index (κ2) is 4.94. The van der Waals surface area contributed by atoms with Crippen LogP contribution in [-0.2, 0) is 0 Å². The zero-order valence-electron chi connectivity index (χ0n) is 13.4. The van der Waals surface area contributed by atoms with Crippen LogP contribution in [0.2, 0.25) is 0 Å². The van der Waals surface area contributed by atoms with Crippen molar-refractivity contribution in [2.24, 2.45) is 5.92 Å². The van der Waals surface area contributed by atoms with Crippen LogP contribution in [0.15, 0.2) is 60.9 Å². The van der Waals surface area contributed by atoms with Gasteiger partial charge >= 0.3 is 0 Å². The fraction of sp³-hybridized carbons (Fsp3) is 0.200. The zero-order valence-corrected chi connectivity index (χ0v) is 15.5. The molecule has 1 fully saturated rings. The van der Waals surface area contributed by atoms with Crippen molar-refractivity contribution in [2.75, 3.05) is 9.80 Å². The van der Waals surface area contributed by atoms with Crippen LogP contribution in [-0.4, -0.2) is 16.1 Å². The fourth-order valence-electron chi connectivity index (χ4n) is 4.47. The number of halogens is 1. The van der Waals surface area contributed by atoms with Crippen molar-refractivity contribution in [3.8, 4) is 0 Å². The lowest BCUT2D eigenvalue weighted by Crippen LogP contribution is -2.43. The molecular weight excluding hydrogens is 423 g/mol. The van der Waals surface area contributed by atoms with E-state index in [0.717, 1.165) is 11.6 Å². The van der Waals surface area contributed by atoms with Crippen LogP contribution in [0.3, 0.4) is 0 Å². The first-order valence-corrected chi connectivity index (χ1v) is 9.65. The van der Waals surface area contributed by atoms with E-state index in [1.807, 2.05) is 0 Å². The van der Waals surface area contributed by atoms with Gasteiger partial charge in [0.25, 0.3) is 0 Å². The largest absolute Gasteiger partial charge is 0.302 e. The highest BCUT2D eigenvalue weighted by Crippen LogP contribution is 2.64. The molecule has 3 aliphatic rings. The van der Waals surface area contributed by atoms with Gasteiger partial charge in [0, 0.05) is 33.3 Å². The molecule has 0 N–H and O–H groups in total. The van der Waals surface area contributed by atoms with E-state index in [2.05, 4.69) is 80.9 Å². The van der Waals surface area contributed by atoms with Crippen LogP contribution in [0, 0.1) is 9.49 Å². The molecule has 0 spiro atoms. The standard InChI is InChI=1S/C20H15IN4/c21-12-6-7-14-15-11-16(15)20-24(13-4-2-1-3-5-13)18-19(23-9-8-22-18)25(20)17(14)10-12/h1-10,15-16,20H,11H2. The Morgan fingerprint density at radius 1 is 0.920 bits per heavy atom. The number of anilines is 4. The van der Waals surface area contributed by atoms with Gasteiger partial charge in [-0.05, 0) is 64.8 Å². The molecule has 1 saturated carbocycles. The van der Waals surface area contributed by atoms with Gasteiger partial charge in [0.2, 0.25) is 0 Å². The molecule has 3 aromatic rings. The molecule has 0 radical (unpaired) electrons. The lowest BCUT2D eigenvalue weighted by atomic mass is 9.99. The summed E-state index contributed by atoms with van der Waals surface area (Å²) in [5.74, 6) is 3.23. The summed E-state index contributed by atoms with van der Waals surface area (Å²) in [7, 11) is 0. The molecule has 122 valence electrons. The van der Waals surface area contributed by atoms with Gasteiger partial charge in [-0.1, -0.05) is 24.3 Å². The predicted octanol–water partition coefficient (Wildman–Crippen LogP) is 4.81. The maximum atomic E-state index is 4.72. The number of nitrogens with zero attached hydrogens (tertiary/aromatic N) is 4. The normalized spacial score (nSPS) is 25.1. The number of fused-ring (bicyclic) bond motifs is 8. The van der Waals surface area contributed by atoms with E-state index in [0.29, 0.717) is 11.8 Å².